The van der Waals surface area contributed by atoms with E-state index in [0.717, 1.165) is 12.1 Å². The minimum Gasteiger partial charge on any atom is -0.482 e. The van der Waals surface area contributed by atoms with E-state index in [9.17, 15) is 0 Å². The largest absolute Gasteiger partial charge is 0.482 e. The molecule has 0 radical (unpaired) electrons. The van der Waals surface area contributed by atoms with E-state index in [2.05, 4.69) is 15.2 Å². The lowest BCUT2D eigenvalue weighted by Crippen LogP contribution is -2.18. The van der Waals surface area contributed by atoms with Gasteiger partial charge in [0.1, 0.15) is 5.75 Å². The van der Waals surface area contributed by atoms with E-state index in [1.54, 1.807) is 13.1 Å². The Kier molecular flexibility index (Phi) is 3.88. The van der Waals surface area contributed by atoms with Gasteiger partial charge < -0.3 is 14.9 Å². The first-order valence-corrected chi connectivity index (χ1v) is 5.76. The van der Waals surface area contributed by atoms with Crippen molar-refractivity contribution >= 4 is 0 Å². The van der Waals surface area contributed by atoms with Crippen molar-refractivity contribution in [3.05, 3.63) is 35.8 Å². The standard InChI is InChI=1S/C12H16N4O2/c1-8(13)5-10-3-4-11(6-14-10)17-7-12-16-15-9(2)18-12/h3-4,6,8H,5,7,13H2,1-2H3. The van der Waals surface area contributed by atoms with Crippen molar-refractivity contribution < 1.29 is 9.15 Å². The second kappa shape index (κ2) is 5.59. The van der Waals surface area contributed by atoms with Gasteiger partial charge in [-0.3, -0.25) is 4.98 Å². The van der Waals surface area contributed by atoms with Gasteiger partial charge in [0.05, 0.1) is 6.20 Å². The number of hydrogen-bond donors (Lipinski definition) is 1. The molecule has 6 nitrogen and oxygen atoms in total. The summed E-state index contributed by atoms with van der Waals surface area (Å²) in [6.07, 6.45) is 2.42. The summed E-state index contributed by atoms with van der Waals surface area (Å²) >= 11 is 0. The average Bonchev–Trinajstić information content (AvgIpc) is 2.74. The van der Waals surface area contributed by atoms with Crippen LogP contribution in [0.1, 0.15) is 24.4 Å². The number of hydrogen-bond acceptors (Lipinski definition) is 6. The van der Waals surface area contributed by atoms with Gasteiger partial charge in [-0.2, -0.15) is 0 Å². The molecule has 1 unspecified atom stereocenters. The highest BCUT2D eigenvalue weighted by atomic mass is 16.5. The molecule has 0 spiro atoms. The molecule has 0 aliphatic carbocycles. The van der Waals surface area contributed by atoms with Crippen LogP contribution in [0.4, 0.5) is 0 Å². The van der Waals surface area contributed by atoms with Gasteiger partial charge in [0.25, 0.3) is 5.89 Å². The molecule has 0 fully saturated rings. The lowest BCUT2D eigenvalue weighted by atomic mass is 10.2. The Labute approximate surface area is 105 Å². The third kappa shape index (κ3) is 3.53. The normalized spacial score (nSPS) is 12.4. The van der Waals surface area contributed by atoms with E-state index in [1.807, 2.05) is 19.1 Å². The van der Waals surface area contributed by atoms with Crippen molar-refractivity contribution in [2.45, 2.75) is 32.9 Å². The van der Waals surface area contributed by atoms with Crippen LogP contribution in [0.5, 0.6) is 5.75 Å². The summed E-state index contributed by atoms with van der Waals surface area (Å²) in [4.78, 5) is 4.26. The fourth-order valence-electron chi connectivity index (χ4n) is 1.49. The fraction of sp³-hybridized carbons (Fsp3) is 0.417. The van der Waals surface area contributed by atoms with Gasteiger partial charge in [-0.05, 0) is 19.1 Å². The van der Waals surface area contributed by atoms with Crippen molar-refractivity contribution in [2.24, 2.45) is 5.73 Å². The number of nitrogens with two attached hydrogens (primary N) is 1. The average molecular weight is 248 g/mol. The van der Waals surface area contributed by atoms with Gasteiger partial charge in [-0.25, -0.2) is 0 Å². The molecule has 2 N–H and O–H groups in total. The van der Waals surface area contributed by atoms with Crippen LogP contribution < -0.4 is 10.5 Å². The molecule has 0 amide bonds. The third-order valence-electron chi connectivity index (χ3n) is 2.26. The Morgan fingerprint density at radius 1 is 1.39 bits per heavy atom. The monoisotopic (exact) mass is 248 g/mol. The molecule has 0 aromatic carbocycles. The van der Waals surface area contributed by atoms with E-state index in [1.165, 1.54) is 0 Å². The summed E-state index contributed by atoms with van der Waals surface area (Å²) in [5.41, 5.74) is 6.65. The Hall–Kier alpha value is -1.95. The van der Waals surface area contributed by atoms with Crippen LogP contribution >= 0.6 is 0 Å². The molecule has 1 atom stereocenters. The van der Waals surface area contributed by atoms with Crippen molar-refractivity contribution in [1.82, 2.24) is 15.2 Å². The van der Waals surface area contributed by atoms with Crippen LogP contribution in [-0.2, 0) is 13.0 Å². The maximum atomic E-state index is 5.70. The first-order chi connectivity index (χ1) is 8.63. The summed E-state index contributed by atoms with van der Waals surface area (Å²) < 4.78 is 10.7. The lowest BCUT2D eigenvalue weighted by Gasteiger charge is -2.06. The highest BCUT2D eigenvalue weighted by Crippen LogP contribution is 2.12. The fourth-order valence-corrected chi connectivity index (χ4v) is 1.49. The molecular formula is C12H16N4O2. The van der Waals surface area contributed by atoms with E-state index in [0.29, 0.717) is 17.5 Å². The highest BCUT2D eigenvalue weighted by molar-refractivity contribution is 5.20. The molecule has 18 heavy (non-hydrogen) atoms. The Morgan fingerprint density at radius 2 is 2.22 bits per heavy atom. The van der Waals surface area contributed by atoms with Gasteiger partial charge in [-0.15, -0.1) is 10.2 Å². The summed E-state index contributed by atoms with van der Waals surface area (Å²) in [5, 5.41) is 7.56. The number of nitrogens with zero attached hydrogens (tertiary/aromatic N) is 3. The van der Waals surface area contributed by atoms with E-state index >= 15 is 0 Å². The Bertz CT molecular complexity index is 493. The van der Waals surface area contributed by atoms with Crippen LogP contribution in [0.2, 0.25) is 0 Å². The second-order valence-corrected chi connectivity index (χ2v) is 4.17. The number of aryl methyl sites for hydroxylation is 1. The first kappa shape index (κ1) is 12.5. The van der Waals surface area contributed by atoms with Gasteiger partial charge >= 0.3 is 0 Å². The molecular weight excluding hydrogens is 232 g/mol. The second-order valence-electron chi connectivity index (χ2n) is 4.17. The van der Waals surface area contributed by atoms with Crippen LogP contribution in [-0.4, -0.2) is 21.2 Å². The smallest absolute Gasteiger partial charge is 0.253 e. The van der Waals surface area contributed by atoms with Crippen molar-refractivity contribution in [1.29, 1.82) is 0 Å². The molecule has 0 bridgehead atoms. The summed E-state index contributed by atoms with van der Waals surface area (Å²) in [6.45, 7) is 3.93. The molecule has 2 heterocycles. The van der Waals surface area contributed by atoms with E-state index in [-0.39, 0.29) is 12.6 Å². The molecule has 2 rings (SSSR count). The zero-order chi connectivity index (χ0) is 13.0. The van der Waals surface area contributed by atoms with Gasteiger partial charge in [0.2, 0.25) is 5.89 Å². The van der Waals surface area contributed by atoms with Crippen molar-refractivity contribution in [3.63, 3.8) is 0 Å². The van der Waals surface area contributed by atoms with Crippen LogP contribution in [0, 0.1) is 6.92 Å². The van der Waals surface area contributed by atoms with Gasteiger partial charge in [0.15, 0.2) is 6.61 Å². The summed E-state index contributed by atoms with van der Waals surface area (Å²) in [6, 6.07) is 3.86. The zero-order valence-corrected chi connectivity index (χ0v) is 10.5. The van der Waals surface area contributed by atoms with E-state index in [4.69, 9.17) is 14.9 Å². The predicted octanol–water partition coefficient (Wildman–Crippen LogP) is 1.24. The molecule has 2 aromatic rings. The maximum absolute atomic E-state index is 5.70. The maximum Gasteiger partial charge on any atom is 0.253 e. The van der Waals surface area contributed by atoms with Crippen LogP contribution in [0.25, 0.3) is 0 Å². The van der Waals surface area contributed by atoms with Crippen LogP contribution in [0.3, 0.4) is 0 Å². The molecule has 2 aromatic heterocycles. The number of rotatable bonds is 5. The molecule has 96 valence electrons. The Balaban J connectivity index is 1.90. The predicted molar refractivity (Wildman–Crippen MR) is 65.0 cm³/mol. The summed E-state index contributed by atoms with van der Waals surface area (Å²) in [5.74, 6) is 1.64. The molecule has 0 aliphatic rings. The van der Waals surface area contributed by atoms with Crippen molar-refractivity contribution in [2.75, 3.05) is 0 Å². The van der Waals surface area contributed by atoms with Crippen LogP contribution in [0.15, 0.2) is 22.7 Å². The quantitative estimate of drug-likeness (QED) is 0.856. The SMILES string of the molecule is Cc1nnc(COc2ccc(CC(C)N)nc2)o1. The highest BCUT2D eigenvalue weighted by Gasteiger charge is 2.04. The molecule has 0 saturated heterocycles. The minimum absolute atomic E-state index is 0.102. The lowest BCUT2D eigenvalue weighted by molar-refractivity contribution is 0.259. The van der Waals surface area contributed by atoms with Gasteiger partial charge in [-0.1, -0.05) is 0 Å². The molecule has 0 saturated carbocycles. The minimum atomic E-state index is 0.102. The molecule has 0 aliphatic heterocycles. The Morgan fingerprint density at radius 3 is 2.78 bits per heavy atom. The number of ether oxygens (including phenoxy) is 1. The topological polar surface area (TPSA) is 87.1 Å². The van der Waals surface area contributed by atoms with Crippen molar-refractivity contribution in [3.8, 4) is 5.75 Å². The van der Waals surface area contributed by atoms with E-state index < -0.39 is 0 Å². The summed E-state index contributed by atoms with van der Waals surface area (Å²) in [7, 11) is 0. The number of aromatic nitrogens is 3. The zero-order valence-electron chi connectivity index (χ0n) is 10.5. The molecule has 6 heteroatoms. The van der Waals surface area contributed by atoms with Gasteiger partial charge in [0, 0.05) is 25.1 Å². The third-order valence-corrected chi connectivity index (χ3v) is 2.26. The first-order valence-electron chi connectivity index (χ1n) is 5.76. The number of pyridine rings is 1.